The fourth-order valence-corrected chi connectivity index (χ4v) is 1.15. The lowest BCUT2D eigenvalue weighted by atomic mass is 10.3. The molecule has 4 N–H and O–H groups in total. The van der Waals surface area contributed by atoms with E-state index in [1.54, 1.807) is 0 Å². The van der Waals surface area contributed by atoms with Gasteiger partial charge in [0.2, 0.25) is 0 Å². The molecule has 0 spiro atoms. The Bertz CT molecular complexity index is 346. The molecule has 84 valence electrons. The molecule has 4 nitrogen and oxygen atoms in total. The molecule has 0 radical (unpaired) electrons. The summed E-state index contributed by atoms with van der Waals surface area (Å²) in [6.45, 7) is 0.0240. The van der Waals surface area contributed by atoms with Crippen LogP contribution in [0.15, 0.2) is 6.07 Å². The number of nitrogens with two attached hydrogens (primary N) is 2. The molecule has 1 rings (SSSR count). The lowest BCUT2D eigenvalue weighted by Gasteiger charge is -2.12. The van der Waals surface area contributed by atoms with E-state index >= 15 is 0 Å². The van der Waals surface area contributed by atoms with E-state index < -0.39 is 17.3 Å². The number of rotatable bonds is 2. The second-order valence-corrected chi connectivity index (χ2v) is 2.93. The van der Waals surface area contributed by atoms with Crippen LogP contribution in [0.2, 0.25) is 5.15 Å². The maximum atomic E-state index is 11.9. The lowest BCUT2D eigenvalue weighted by molar-refractivity contribution is -0.274. The first-order chi connectivity index (χ1) is 6.83. The topological polar surface area (TPSA) is 74.2 Å². The molecule has 0 saturated heterocycles. The molecule has 0 amide bonds. The zero-order chi connectivity index (χ0) is 11.6. The number of nitrogens with zero attached hydrogens (tertiary/aromatic N) is 1. The number of pyridine rings is 1. The van der Waals surface area contributed by atoms with Gasteiger partial charge >= 0.3 is 6.36 Å². The van der Waals surface area contributed by atoms with E-state index in [9.17, 15) is 13.2 Å². The number of hydrogen-bond acceptors (Lipinski definition) is 4. The summed E-state index contributed by atoms with van der Waals surface area (Å²) in [4.78, 5) is 3.57. The van der Waals surface area contributed by atoms with Crippen LogP contribution in [0.25, 0.3) is 0 Å². The van der Waals surface area contributed by atoms with E-state index in [-0.39, 0.29) is 17.9 Å². The van der Waals surface area contributed by atoms with Crippen LogP contribution in [0.5, 0.6) is 5.75 Å². The largest absolute Gasteiger partial charge is 0.573 e. The molecule has 0 aromatic carbocycles. The second kappa shape index (κ2) is 4.11. The predicted molar refractivity (Wildman–Crippen MR) is 48.2 cm³/mol. The van der Waals surface area contributed by atoms with Crippen molar-refractivity contribution < 1.29 is 17.9 Å². The molecule has 0 fully saturated rings. The van der Waals surface area contributed by atoms with Gasteiger partial charge in [0.25, 0.3) is 0 Å². The highest BCUT2D eigenvalue weighted by molar-refractivity contribution is 6.31. The van der Waals surface area contributed by atoms with Crippen LogP contribution in [0, 0.1) is 0 Å². The van der Waals surface area contributed by atoms with Crippen molar-refractivity contribution >= 4 is 17.3 Å². The fraction of sp³-hybridized carbons (Fsp3) is 0.286. The minimum absolute atomic E-state index is 0.0240. The van der Waals surface area contributed by atoms with Gasteiger partial charge in [0.1, 0.15) is 0 Å². The van der Waals surface area contributed by atoms with Gasteiger partial charge in [-0.1, -0.05) is 11.6 Å². The molecule has 8 heteroatoms. The van der Waals surface area contributed by atoms with E-state index in [1.807, 2.05) is 0 Å². The van der Waals surface area contributed by atoms with E-state index in [0.29, 0.717) is 0 Å². The maximum Gasteiger partial charge on any atom is 0.573 e. The average molecular weight is 242 g/mol. The van der Waals surface area contributed by atoms with Gasteiger partial charge in [-0.25, -0.2) is 4.98 Å². The molecule has 15 heavy (non-hydrogen) atoms. The Morgan fingerprint density at radius 3 is 2.47 bits per heavy atom. The first-order valence-electron chi connectivity index (χ1n) is 3.74. The first kappa shape index (κ1) is 11.9. The zero-order valence-corrected chi connectivity index (χ0v) is 8.06. The Labute approximate surface area is 88.0 Å². The van der Waals surface area contributed by atoms with Crippen molar-refractivity contribution in [2.75, 3.05) is 5.73 Å². The number of ether oxygens (including phenoxy) is 1. The molecular formula is C7H7ClF3N3O. The highest BCUT2D eigenvalue weighted by atomic mass is 35.5. The van der Waals surface area contributed by atoms with Crippen LogP contribution in [0.4, 0.5) is 18.9 Å². The van der Waals surface area contributed by atoms with Gasteiger partial charge in [-0.3, -0.25) is 0 Å². The summed E-state index contributed by atoms with van der Waals surface area (Å²) in [6, 6.07) is 1.17. The van der Waals surface area contributed by atoms with Gasteiger partial charge in [0.15, 0.2) is 10.9 Å². The summed E-state index contributed by atoms with van der Waals surface area (Å²) in [7, 11) is 0. The minimum atomic E-state index is -4.86. The second-order valence-electron chi connectivity index (χ2n) is 2.57. The molecule has 1 aromatic heterocycles. The van der Waals surface area contributed by atoms with Crippen molar-refractivity contribution in [3.05, 3.63) is 16.9 Å². The number of anilines is 1. The van der Waals surface area contributed by atoms with E-state index in [1.165, 1.54) is 6.07 Å². The number of aromatic nitrogens is 1. The average Bonchev–Trinajstić information content (AvgIpc) is 2.09. The Morgan fingerprint density at radius 1 is 1.47 bits per heavy atom. The van der Waals surface area contributed by atoms with Gasteiger partial charge < -0.3 is 16.2 Å². The molecule has 1 heterocycles. The fourth-order valence-electron chi connectivity index (χ4n) is 0.895. The zero-order valence-electron chi connectivity index (χ0n) is 7.31. The van der Waals surface area contributed by atoms with Crippen molar-refractivity contribution in [3.63, 3.8) is 0 Å². The molecule has 0 aliphatic carbocycles. The lowest BCUT2D eigenvalue weighted by Crippen LogP contribution is -2.19. The summed E-state index contributed by atoms with van der Waals surface area (Å²) in [5, 5.41) is -0.465. The summed E-state index contributed by atoms with van der Waals surface area (Å²) < 4.78 is 39.3. The number of halogens is 4. The van der Waals surface area contributed by atoms with Gasteiger partial charge in [0, 0.05) is 6.54 Å². The van der Waals surface area contributed by atoms with Crippen molar-refractivity contribution in [2.24, 2.45) is 5.73 Å². The Kier molecular flexibility index (Phi) is 3.25. The molecule has 0 aliphatic heterocycles. The summed E-state index contributed by atoms with van der Waals surface area (Å²) in [6.07, 6.45) is -4.86. The van der Waals surface area contributed by atoms with Gasteiger partial charge in [0.05, 0.1) is 11.4 Å². The molecule has 0 unspecified atom stereocenters. The summed E-state index contributed by atoms with van der Waals surface area (Å²) >= 11 is 5.45. The minimum Gasteiger partial charge on any atom is -0.400 e. The first-order valence-corrected chi connectivity index (χ1v) is 4.12. The summed E-state index contributed by atoms with van der Waals surface area (Å²) in [5.41, 5.74) is 10.6. The Morgan fingerprint density at radius 2 is 2.07 bits per heavy atom. The maximum absolute atomic E-state index is 11.9. The molecule has 0 bridgehead atoms. The van der Waals surface area contributed by atoms with Crippen LogP contribution in [-0.4, -0.2) is 11.3 Å². The smallest absolute Gasteiger partial charge is 0.400 e. The third-order valence-corrected chi connectivity index (χ3v) is 1.70. The third kappa shape index (κ3) is 3.14. The number of hydrogen-bond donors (Lipinski definition) is 2. The van der Waals surface area contributed by atoms with E-state index in [4.69, 9.17) is 23.1 Å². The van der Waals surface area contributed by atoms with Crippen LogP contribution in [0.1, 0.15) is 5.69 Å². The van der Waals surface area contributed by atoms with Crippen molar-refractivity contribution in [3.8, 4) is 5.75 Å². The van der Waals surface area contributed by atoms with Crippen molar-refractivity contribution in [1.29, 1.82) is 0 Å². The summed E-state index contributed by atoms with van der Waals surface area (Å²) in [5.74, 6) is -0.707. The Balaban J connectivity index is 3.09. The molecular weight excluding hydrogens is 235 g/mol. The van der Waals surface area contributed by atoms with Gasteiger partial charge in [-0.2, -0.15) is 0 Å². The van der Waals surface area contributed by atoms with E-state index in [2.05, 4.69) is 9.72 Å². The predicted octanol–water partition coefficient (Wildman–Crippen LogP) is 1.67. The normalized spacial score (nSPS) is 11.5. The number of alkyl halides is 3. The van der Waals surface area contributed by atoms with Gasteiger partial charge in [-0.15, -0.1) is 13.2 Å². The van der Waals surface area contributed by atoms with Crippen LogP contribution in [-0.2, 0) is 6.54 Å². The van der Waals surface area contributed by atoms with E-state index in [0.717, 1.165) is 0 Å². The SMILES string of the molecule is NCc1cc(N)c(OC(F)(F)F)c(Cl)n1. The van der Waals surface area contributed by atoms with Crippen LogP contribution >= 0.6 is 11.6 Å². The van der Waals surface area contributed by atoms with Crippen LogP contribution in [0.3, 0.4) is 0 Å². The standard InChI is InChI=1S/C7H7ClF3N3O/c8-6-5(15-7(9,10)11)4(13)1-3(2-12)14-6/h1H,2,12H2,(H2,13,14). The van der Waals surface area contributed by atoms with Gasteiger partial charge in [-0.05, 0) is 6.07 Å². The highest BCUT2D eigenvalue weighted by Gasteiger charge is 2.33. The quantitative estimate of drug-likeness (QED) is 0.773. The highest BCUT2D eigenvalue weighted by Crippen LogP contribution is 2.34. The van der Waals surface area contributed by atoms with Crippen molar-refractivity contribution in [2.45, 2.75) is 12.9 Å². The van der Waals surface area contributed by atoms with Crippen LogP contribution < -0.4 is 16.2 Å². The molecule has 0 atom stereocenters. The third-order valence-electron chi connectivity index (χ3n) is 1.44. The van der Waals surface area contributed by atoms with Crippen molar-refractivity contribution in [1.82, 2.24) is 4.98 Å². The number of nitrogen functional groups attached to an aromatic ring is 1. The molecule has 1 aromatic rings. The molecule has 0 saturated carbocycles. The monoisotopic (exact) mass is 241 g/mol. The Hall–Kier alpha value is -1.21. The molecule has 0 aliphatic rings.